The second-order valence-electron chi connectivity index (χ2n) is 6.66. The van der Waals surface area contributed by atoms with Gasteiger partial charge in [-0.15, -0.1) is 0 Å². The van der Waals surface area contributed by atoms with E-state index in [1.54, 1.807) is 18.2 Å². The highest BCUT2D eigenvalue weighted by atomic mass is 35.5. The van der Waals surface area contributed by atoms with Gasteiger partial charge in [-0.05, 0) is 30.3 Å². The number of anilines is 2. The van der Waals surface area contributed by atoms with Crippen LogP contribution < -0.4 is 24.8 Å². The summed E-state index contributed by atoms with van der Waals surface area (Å²) >= 11 is 6.04. The van der Waals surface area contributed by atoms with E-state index in [2.05, 4.69) is 10.6 Å². The Morgan fingerprint density at radius 2 is 1.62 bits per heavy atom. The molecule has 34 heavy (non-hydrogen) atoms. The smallest absolute Gasteiger partial charge is 0.340 e. The van der Waals surface area contributed by atoms with Gasteiger partial charge in [-0.3, -0.25) is 9.59 Å². The molecule has 0 aliphatic carbocycles. The largest absolute Gasteiger partial charge is 0.495 e. The van der Waals surface area contributed by atoms with Gasteiger partial charge < -0.3 is 34.0 Å². The summed E-state index contributed by atoms with van der Waals surface area (Å²) in [5, 5.41) is 5.44. The lowest BCUT2D eigenvalue weighted by molar-refractivity contribution is -0.119. The third-order valence-electron chi connectivity index (χ3n) is 4.51. The first-order valence-electron chi connectivity index (χ1n) is 9.77. The van der Waals surface area contributed by atoms with Crippen molar-refractivity contribution in [3.05, 3.63) is 65.1 Å². The van der Waals surface area contributed by atoms with Gasteiger partial charge in [0.1, 0.15) is 5.75 Å². The van der Waals surface area contributed by atoms with Gasteiger partial charge in [0, 0.05) is 17.8 Å². The molecule has 3 aromatic rings. The van der Waals surface area contributed by atoms with Crippen LogP contribution in [0.4, 0.5) is 11.4 Å². The van der Waals surface area contributed by atoms with Gasteiger partial charge in [0.25, 0.3) is 11.8 Å². The fourth-order valence-electron chi connectivity index (χ4n) is 2.89. The van der Waals surface area contributed by atoms with Crippen LogP contribution in [0.1, 0.15) is 20.9 Å². The zero-order chi connectivity index (χ0) is 24.7. The van der Waals surface area contributed by atoms with E-state index in [9.17, 15) is 14.4 Å². The van der Waals surface area contributed by atoms with Crippen molar-refractivity contribution in [2.24, 2.45) is 0 Å². The van der Waals surface area contributed by atoms with Crippen molar-refractivity contribution in [1.29, 1.82) is 0 Å². The molecular formula is C23H21ClN2O8. The second-order valence-corrected chi connectivity index (χ2v) is 7.07. The van der Waals surface area contributed by atoms with E-state index in [4.69, 9.17) is 35.0 Å². The number of methoxy groups -OCH3 is 3. The molecule has 1 aromatic heterocycles. The lowest BCUT2D eigenvalue weighted by Crippen LogP contribution is -2.22. The Bertz CT molecular complexity index is 1190. The van der Waals surface area contributed by atoms with Crippen LogP contribution in [0.15, 0.2) is 53.1 Å². The maximum atomic E-state index is 12.8. The van der Waals surface area contributed by atoms with Crippen LogP contribution >= 0.6 is 11.6 Å². The summed E-state index contributed by atoms with van der Waals surface area (Å²) in [6, 6.07) is 10.4. The van der Waals surface area contributed by atoms with Crippen molar-refractivity contribution in [1.82, 2.24) is 0 Å². The number of esters is 1. The minimum Gasteiger partial charge on any atom is -0.495 e. The van der Waals surface area contributed by atoms with Crippen LogP contribution in [-0.2, 0) is 9.53 Å². The van der Waals surface area contributed by atoms with E-state index in [0.29, 0.717) is 16.5 Å². The Balaban J connectivity index is 1.75. The van der Waals surface area contributed by atoms with Crippen molar-refractivity contribution in [2.75, 3.05) is 38.6 Å². The van der Waals surface area contributed by atoms with E-state index in [1.807, 2.05) is 0 Å². The molecule has 0 saturated heterocycles. The molecule has 178 valence electrons. The highest BCUT2D eigenvalue weighted by Gasteiger charge is 2.22. The van der Waals surface area contributed by atoms with Gasteiger partial charge in [0.05, 0.1) is 43.9 Å². The van der Waals surface area contributed by atoms with Gasteiger partial charge in [0.2, 0.25) is 0 Å². The Morgan fingerprint density at radius 1 is 0.912 bits per heavy atom. The molecule has 10 nitrogen and oxygen atoms in total. The number of furan rings is 1. The molecule has 1 heterocycles. The standard InChI is InChI=1S/C23H21ClN2O8/c1-30-17-7-6-13(9-15(17)24)25-21(27)12-34-23(29)14-10-19(31-2)20(32-3)11-16(14)26-22(28)18-5-4-8-33-18/h4-11H,12H2,1-3H3,(H,25,27)(H,26,28). The molecule has 2 amide bonds. The third kappa shape index (κ3) is 5.78. The van der Waals surface area contributed by atoms with Gasteiger partial charge in [-0.1, -0.05) is 11.6 Å². The lowest BCUT2D eigenvalue weighted by atomic mass is 10.1. The molecule has 0 spiro atoms. The predicted octanol–water partition coefficient (Wildman–Crippen LogP) is 4.01. The van der Waals surface area contributed by atoms with Crippen molar-refractivity contribution in [3.63, 3.8) is 0 Å². The molecule has 2 aromatic carbocycles. The van der Waals surface area contributed by atoms with Gasteiger partial charge in [-0.2, -0.15) is 0 Å². The normalized spacial score (nSPS) is 10.2. The van der Waals surface area contributed by atoms with E-state index in [-0.39, 0.29) is 28.5 Å². The summed E-state index contributed by atoms with van der Waals surface area (Å²) in [5.41, 5.74) is 0.411. The van der Waals surface area contributed by atoms with Crippen LogP contribution in [-0.4, -0.2) is 45.7 Å². The van der Waals surface area contributed by atoms with Crippen LogP contribution in [0, 0.1) is 0 Å². The highest BCUT2D eigenvalue weighted by Crippen LogP contribution is 2.34. The van der Waals surface area contributed by atoms with Crippen molar-refractivity contribution >= 4 is 40.8 Å². The van der Waals surface area contributed by atoms with Gasteiger partial charge in [0.15, 0.2) is 23.9 Å². The molecule has 0 unspecified atom stereocenters. The van der Waals surface area contributed by atoms with Crippen LogP contribution in [0.25, 0.3) is 0 Å². The molecule has 11 heteroatoms. The van der Waals surface area contributed by atoms with E-state index in [0.717, 1.165) is 0 Å². The van der Waals surface area contributed by atoms with Crippen LogP contribution in [0.2, 0.25) is 5.02 Å². The van der Waals surface area contributed by atoms with Crippen molar-refractivity contribution in [2.45, 2.75) is 0 Å². The molecular weight excluding hydrogens is 468 g/mol. The molecule has 0 aliphatic rings. The Kier molecular flexibility index (Phi) is 7.99. The van der Waals surface area contributed by atoms with E-state index in [1.165, 1.54) is 51.9 Å². The summed E-state index contributed by atoms with van der Waals surface area (Å²) in [6.45, 7) is -0.595. The average Bonchev–Trinajstić information content (AvgIpc) is 3.37. The van der Waals surface area contributed by atoms with Gasteiger partial charge >= 0.3 is 5.97 Å². The topological polar surface area (TPSA) is 125 Å². The number of carbonyl (C=O) groups excluding carboxylic acids is 3. The maximum Gasteiger partial charge on any atom is 0.340 e. The van der Waals surface area contributed by atoms with Crippen molar-refractivity contribution < 1.29 is 37.7 Å². The predicted molar refractivity (Wildman–Crippen MR) is 123 cm³/mol. The molecule has 2 N–H and O–H groups in total. The number of hydrogen-bond acceptors (Lipinski definition) is 8. The number of ether oxygens (including phenoxy) is 4. The monoisotopic (exact) mass is 488 g/mol. The minimum atomic E-state index is -0.876. The average molecular weight is 489 g/mol. The first-order valence-corrected chi connectivity index (χ1v) is 10.2. The summed E-state index contributed by atoms with van der Waals surface area (Å²) in [5.74, 6) is -1.10. The fourth-order valence-corrected chi connectivity index (χ4v) is 3.15. The number of rotatable bonds is 9. The first-order chi connectivity index (χ1) is 16.4. The molecule has 0 fully saturated rings. The molecule has 0 atom stereocenters. The minimum absolute atomic E-state index is 0.0339. The Labute approximate surface area is 199 Å². The molecule has 3 rings (SSSR count). The van der Waals surface area contributed by atoms with Crippen LogP contribution in [0.5, 0.6) is 17.2 Å². The number of benzene rings is 2. The van der Waals surface area contributed by atoms with E-state index >= 15 is 0 Å². The van der Waals surface area contributed by atoms with Gasteiger partial charge in [-0.25, -0.2) is 4.79 Å². The highest BCUT2D eigenvalue weighted by molar-refractivity contribution is 6.32. The number of halogens is 1. The summed E-state index contributed by atoms with van der Waals surface area (Å²) in [7, 11) is 4.27. The third-order valence-corrected chi connectivity index (χ3v) is 4.80. The second kappa shape index (κ2) is 11.1. The van der Waals surface area contributed by atoms with E-state index < -0.39 is 24.4 Å². The molecule has 0 saturated carbocycles. The Hall–Kier alpha value is -4.18. The number of hydrogen-bond donors (Lipinski definition) is 2. The number of nitrogens with one attached hydrogen (secondary N) is 2. The van der Waals surface area contributed by atoms with Crippen LogP contribution in [0.3, 0.4) is 0 Å². The molecule has 0 radical (unpaired) electrons. The zero-order valence-electron chi connectivity index (χ0n) is 18.5. The summed E-state index contributed by atoms with van der Waals surface area (Å²) in [6.07, 6.45) is 1.34. The summed E-state index contributed by atoms with van der Waals surface area (Å²) < 4.78 is 25.7. The maximum absolute atomic E-state index is 12.8. The number of carbonyl (C=O) groups is 3. The lowest BCUT2D eigenvalue weighted by Gasteiger charge is -2.15. The first kappa shape index (κ1) is 24.5. The Morgan fingerprint density at radius 3 is 2.24 bits per heavy atom. The fraction of sp³-hybridized carbons (Fsp3) is 0.174. The SMILES string of the molecule is COc1ccc(NC(=O)COC(=O)c2cc(OC)c(OC)cc2NC(=O)c2ccco2)cc1Cl. The molecule has 0 aliphatic heterocycles. The van der Waals surface area contributed by atoms with Crippen molar-refractivity contribution in [3.8, 4) is 17.2 Å². The molecule has 0 bridgehead atoms. The number of amides is 2. The summed E-state index contributed by atoms with van der Waals surface area (Å²) in [4.78, 5) is 37.5. The quantitative estimate of drug-likeness (QED) is 0.433. The zero-order valence-corrected chi connectivity index (χ0v) is 19.2.